The molecule has 29 heavy (non-hydrogen) atoms. The average Bonchev–Trinajstić information content (AvgIpc) is 2.88. The molecule has 1 fully saturated rings. The summed E-state index contributed by atoms with van der Waals surface area (Å²) in [5.41, 5.74) is 3.30. The number of imide groups is 1. The number of anilines is 1. The maximum Gasteiger partial charge on any atom is 0.325 e. The standard InChI is InChI=1S/C22H22N4O3/c1-13-9-14(2)19(15(3)10-13)24-18(27)12-26-20(28)22(4,25-21(26)29)17-7-5-16(11-23)6-8-17/h5-10H,12H2,1-4H3,(H,24,27)(H,25,29)/t22-/m1/s1. The fourth-order valence-electron chi connectivity index (χ4n) is 3.61. The van der Waals surface area contributed by atoms with Crippen molar-refractivity contribution in [1.82, 2.24) is 10.2 Å². The highest BCUT2D eigenvalue weighted by Gasteiger charge is 2.49. The summed E-state index contributed by atoms with van der Waals surface area (Å²) in [6, 6.07) is 11.7. The minimum absolute atomic E-state index is 0.386. The van der Waals surface area contributed by atoms with Crippen molar-refractivity contribution < 1.29 is 14.4 Å². The number of hydrogen-bond donors (Lipinski definition) is 2. The Morgan fingerprint density at radius 1 is 1.14 bits per heavy atom. The molecule has 0 unspecified atom stereocenters. The third-order valence-corrected chi connectivity index (χ3v) is 5.11. The second-order valence-electron chi connectivity index (χ2n) is 7.46. The fourth-order valence-corrected chi connectivity index (χ4v) is 3.61. The molecule has 2 N–H and O–H groups in total. The van der Waals surface area contributed by atoms with Crippen molar-refractivity contribution in [2.75, 3.05) is 11.9 Å². The Bertz CT molecular complexity index is 1030. The minimum Gasteiger partial charge on any atom is -0.324 e. The summed E-state index contributed by atoms with van der Waals surface area (Å²) in [5.74, 6) is -0.965. The van der Waals surface area contributed by atoms with E-state index in [0.717, 1.165) is 21.6 Å². The average molecular weight is 390 g/mol. The Balaban J connectivity index is 1.78. The highest BCUT2D eigenvalue weighted by molar-refractivity contribution is 6.10. The van der Waals surface area contributed by atoms with Gasteiger partial charge in [-0.3, -0.25) is 14.5 Å². The summed E-state index contributed by atoms with van der Waals surface area (Å²) in [7, 11) is 0. The van der Waals surface area contributed by atoms with Crippen molar-refractivity contribution in [3.05, 3.63) is 64.2 Å². The highest BCUT2D eigenvalue weighted by atomic mass is 16.2. The van der Waals surface area contributed by atoms with Crippen LogP contribution in [0, 0.1) is 32.1 Å². The first-order chi connectivity index (χ1) is 13.7. The molecular formula is C22H22N4O3. The number of carbonyl (C=O) groups is 3. The lowest BCUT2D eigenvalue weighted by Gasteiger charge is -2.22. The van der Waals surface area contributed by atoms with Crippen molar-refractivity contribution >= 4 is 23.5 Å². The van der Waals surface area contributed by atoms with E-state index < -0.39 is 23.4 Å². The molecular weight excluding hydrogens is 368 g/mol. The third kappa shape index (κ3) is 3.69. The molecule has 2 aromatic rings. The van der Waals surface area contributed by atoms with Crippen molar-refractivity contribution in [3.63, 3.8) is 0 Å². The first-order valence-electron chi connectivity index (χ1n) is 9.18. The van der Waals surface area contributed by atoms with Gasteiger partial charge >= 0.3 is 6.03 Å². The fraction of sp³-hybridized carbons (Fsp3) is 0.273. The molecule has 4 amide bonds. The van der Waals surface area contributed by atoms with Gasteiger partial charge in [-0.1, -0.05) is 29.8 Å². The van der Waals surface area contributed by atoms with Crippen LogP contribution >= 0.6 is 0 Å². The van der Waals surface area contributed by atoms with Crippen LogP contribution in [-0.2, 0) is 15.1 Å². The molecule has 0 spiro atoms. The second-order valence-corrected chi connectivity index (χ2v) is 7.46. The van der Waals surface area contributed by atoms with Crippen LogP contribution in [0.4, 0.5) is 10.5 Å². The molecule has 0 bridgehead atoms. The number of nitriles is 1. The van der Waals surface area contributed by atoms with E-state index in [1.54, 1.807) is 31.2 Å². The van der Waals surface area contributed by atoms with E-state index in [1.165, 1.54) is 0 Å². The smallest absolute Gasteiger partial charge is 0.324 e. The molecule has 1 saturated heterocycles. The molecule has 0 aromatic heterocycles. The molecule has 0 aliphatic carbocycles. The summed E-state index contributed by atoms with van der Waals surface area (Å²) in [6.45, 7) is 6.96. The molecule has 7 heteroatoms. The SMILES string of the molecule is Cc1cc(C)c(NC(=O)CN2C(=O)N[C@](C)(c3ccc(C#N)cc3)C2=O)c(C)c1. The number of rotatable bonds is 4. The maximum absolute atomic E-state index is 13.0. The Morgan fingerprint density at radius 3 is 2.28 bits per heavy atom. The lowest BCUT2D eigenvalue weighted by molar-refractivity contribution is -0.133. The zero-order valence-corrected chi connectivity index (χ0v) is 16.8. The van der Waals surface area contributed by atoms with Crippen molar-refractivity contribution in [3.8, 4) is 6.07 Å². The Labute approximate surface area is 169 Å². The zero-order chi connectivity index (χ0) is 21.3. The Morgan fingerprint density at radius 2 is 1.72 bits per heavy atom. The van der Waals surface area contributed by atoms with E-state index in [2.05, 4.69) is 10.6 Å². The van der Waals surface area contributed by atoms with Gasteiger partial charge < -0.3 is 10.6 Å². The van der Waals surface area contributed by atoms with Gasteiger partial charge in [0.25, 0.3) is 5.91 Å². The van der Waals surface area contributed by atoms with E-state index in [0.29, 0.717) is 16.8 Å². The second kappa shape index (κ2) is 7.40. The molecule has 1 aliphatic rings. The zero-order valence-electron chi connectivity index (χ0n) is 16.8. The normalized spacial score (nSPS) is 18.4. The van der Waals surface area contributed by atoms with Gasteiger partial charge in [0.15, 0.2) is 0 Å². The summed E-state index contributed by atoms with van der Waals surface area (Å²) in [5, 5.41) is 14.4. The van der Waals surface area contributed by atoms with E-state index in [4.69, 9.17) is 5.26 Å². The number of nitrogens with one attached hydrogen (secondary N) is 2. The summed E-state index contributed by atoms with van der Waals surface area (Å²) >= 11 is 0. The molecule has 1 atom stereocenters. The van der Waals surface area contributed by atoms with Gasteiger partial charge in [-0.2, -0.15) is 5.26 Å². The Hall–Kier alpha value is -3.66. The van der Waals surface area contributed by atoms with Crippen molar-refractivity contribution in [2.45, 2.75) is 33.2 Å². The molecule has 0 radical (unpaired) electrons. The van der Waals surface area contributed by atoms with Crippen LogP contribution in [0.3, 0.4) is 0 Å². The number of amides is 4. The van der Waals surface area contributed by atoms with E-state index >= 15 is 0 Å². The first kappa shape index (κ1) is 20.1. The van der Waals surface area contributed by atoms with Gasteiger partial charge in [0.05, 0.1) is 11.6 Å². The number of hydrogen-bond acceptors (Lipinski definition) is 4. The molecule has 0 saturated carbocycles. The van der Waals surface area contributed by atoms with Crippen LogP contribution in [0.25, 0.3) is 0 Å². The molecule has 7 nitrogen and oxygen atoms in total. The van der Waals surface area contributed by atoms with Gasteiger partial charge in [-0.25, -0.2) is 4.79 Å². The number of urea groups is 1. The summed E-state index contributed by atoms with van der Waals surface area (Å²) in [6.07, 6.45) is 0. The van der Waals surface area contributed by atoms with Gasteiger partial charge in [0.1, 0.15) is 12.1 Å². The predicted molar refractivity (Wildman–Crippen MR) is 108 cm³/mol. The highest BCUT2D eigenvalue weighted by Crippen LogP contribution is 2.29. The van der Waals surface area contributed by atoms with E-state index in [9.17, 15) is 14.4 Å². The Kier molecular flexibility index (Phi) is 5.12. The van der Waals surface area contributed by atoms with Crippen LogP contribution in [0.15, 0.2) is 36.4 Å². The number of carbonyl (C=O) groups excluding carboxylic acids is 3. The lowest BCUT2D eigenvalue weighted by atomic mass is 9.91. The van der Waals surface area contributed by atoms with Gasteiger partial charge in [-0.15, -0.1) is 0 Å². The van der Waals surface area contributed by atoms with Gasteiger partial charge in [-0.05, 0) is 56.5 Å². The van der Waals surface area contributed by atoms with Crippen molar-refractivity contribution in [1.29, 1.82) is 5.26 Å². The van der Waals surface area contributed by atoms with Crippen LogP contribution in [-0.4, -0.2) is 29.3 Å². The molecule has 1 heterocycles. The monoisotopic (exact) mass is 390 g/mol. The van der Waals surface area contributed by atoms with E-state index in [1.807, 2.05) is 39.0 Å². The number of aryl methyl sites for hydroxylation is 3. The third-order valence-electron chi connectivity index (χ3n) is 5.11. The molecule has 148 valence electrons. The molecule has 2 aromatic carbocycles. The largest absolute Gasteiger partial charge is 0.325 e. The lowest BCUT2D eigenvalue weighted by Crippen LogP contribution is -2.42. The predicted octanol–water partition coefficient (Wildman–Crippen LogP) is 2.89. The van der Waals surface area contributed by atoms with Crippen LogP contribution in [0.1, 0.15) is 34.7 Å². The number of nitrogens with zero attached hydrogens (tertiary/aromatic N) is 2. The van der Waals surface area contributed by atoms with E-state index in [-0.39, 0.29) is 6.54 Å². The van der Waals surface area contributed by atoms with Gasteiger partial charge in [0, 0.05) is 5.69 Å². The summed E-state index contributed by atoms with van der Waals surface area (Å²) < 4.78 is 0. The first-order valence-corrected chi connectivity index (χ1v) is 9.18. The summed E-state index contributed by atoms with van der Waals surface area (Å²) in [4.78, 5) is 38.8. The van der Waals surface area contributed by atoms with Crippen LogP contribution in [0.2, 0.25) is 0 Å². The van der Waals surface area contributed by atoms with Crippen LogP contribution < -0.4 is 10.6 Å². The maximum atomic E-state index is 13.0. The van der Waals surface area contributed by atoms with Crippen LogP contribution in [0.5, 0.6) is 0 Å². The molecule has 1 aliphatic heterocycles. The van der Waals surface area contributed by atoms with Crippen molar-refractivity contribution in [2.24, 2.45) is 0 Å². The molecule has 3 rings (SSSR count). The minimum atomic E-state index is -1.29. The van der Waals surface area contributed by atoms with Gasteiger partial charge in [0.2, 0.25) is 5.91 Å². The quantitative estimate of drug-likeness (QED) is 0.784. The topological polar surface area (TPSA) is 102 Å². The number of benzene rings is 2.